The van der Waals surface area contributed by atoms with Crippen molar-refractivity contribution in [2.45, 2.75) is 25.2 Å². The molecule has 0 radical (unpaired) electrons. The smallest absolute Gasteiger partial charge is 0.377 e. The Bertz CT molecular complexity index is 921. The van der Waals surface area contributed by atoms with Crippen LogP contribution in [0.5, 0.6) is 0 Å². The number of piperazine rings is 1. The minimum atomic E-state index is -4.69. The fraction of sp³-hybridized carbons (Fsp3) is 0.706. The third kappa shape index (κ3) is 4.58. The van der Waals surface area contributed by atoms with Crippen LogP contribution in [0.3, 0.4) is 0 Å². The van der Waals surface area contributed by atoms with E-state index in [0.717, 1.165) is 13.5 Å². The number of nitrogens with zero attached hydrogens (tertiary/aromatic N) is 4. The Kier molecular flexibility index (Phi) is 6.37. The van der Waals surface area contributed by atoms with Gasteiger partial charge in [-0.05, 0) is 6.92 Å². The van der Waals surface area contributed by atoms with E-state index in [1.807, 2.05) is 11.8 Å². The maximum atomic E-state index is 13.9. The summed E-state index contributed by atoms with van der Waals surface area (Å²) in [5.74, 6) is 0.0143. The van der Waals surface area contributed by atoms with Crippen LogP contribution >= 0.6 is 0 Å². The first-order valence-electron chi connectivity index (χ1n) is 9.51. The molecular weight excluding hydrogens is 427 g/mol. The maximum Gasteiger partial charge on any atom is 0.410 e. The number of aromatic amines is 1. The summed E-state index contributed by atoms with van der Waals surface area (Å²) in [6.45, 7) is 2.23. The zero-order chi connectivity index (χ0) is 22.3. The van der Waals surface area contributed by atoms with Gasteiger partial charge in [0, 0.05) is 64.1 Å². The largest absolute Gasteiger partial charge is 0.410 e. The van der Waals surface area contributed by atoms with Crippen LogP contribution in [0, 0.1) is 0 Å². The standard InChI is InChI=1S/C17H26F3N5O4S/c1-12-11-29-7-6-24(12)13-8-15(21-16(26)9-13)25-5-4-23(30(27,28)22(2)3)10-14(25)17(18,19)20/h8-9,12,14H,4-7,10-11H2,1-3H3,(H,21,26). The molecule has 0 saturated carbocycles. The Hall–Kier alpha value is -1.83. The van der Waals surface area contributed by atoms with E-state index >= 15 is 0 Å². The van der Waals surface area contributed by atoms with Gasteiger partial charge in [-0.3, -0.25) is 4.79 Å². The predicted octanol–water partition coefficient (Wildman–Crippen LogP) is 0.459. The van der Waals surface area contributed by atoms with E-state index in [-0.39, 0.29) is 24.9 Å². The molecule has 3 rings (SSSR count). The van der Waals surface area contributed by atoms with Crippen LogP contribution in [0.25, 0.3) is 0 Å². The highest BCUT2D eigenvalue weighted by atomic mass is 32.2. The van der Waals surface area contributed by atoms with Crippen LogP contribution in [-0.2, 0) is 14.9 Å². The van der Waals surface area contributed by atoms with Gasteiger partial charge in [0.1, 0.15) is 11.9 Å². The molecule has 0 bridgehead atoms. The van der Waals surface area contributed by atoms with Gasteiger partial charge in [-0.15, -0.1) is 0 Å². The van der Waals surface area contributed by atoms with E-state index in [2.05, 4.69) is 4.98 Å². The molecule has 1 aromatic heterocycles. The highest BCUT2D eigenvalue weighted by molar-refractivity contribution is 7.86. The lowest BCUT2D eigenvalue weighted by atomic mass is 10.1. The zero-order valence-electron chi connectivity index (χ0n) is 17.0. The molecule has 2 aliphatic heterocycles. The maximum absolute atomic E-state index is 13.9. The average Bonchev–Trinajstić information content (AvgIpc) is 2.66. The predicted molar refractivity (Wildman–Crippen MR) is 106 cm³/mol. The van der Waals surface area contributed by atoms with E-state index in [9.17, 15) is 26.4 Å². The highest BCUT2D eigenvalue weighted by Gasteiger charge is 2.49. The fourth-order valence-electron chi connectivity index (χ4n) is 3.71. The van der Waals surface area contributed by atoms with Crippen LogP contribution in [-0.4, -0.2) is 93.8 Å². The summed E-state index contributed by atoms with van der Waals surface area (Å²) >= 11 is 0. The molecule has 0 aromatic carbocycles. The molecule has 3 heterocycles. The number of halogens is 3. The van der Waals surface area contributed by atoms with E-state index < -0.39 is 34.5 Å². The molecule has 9 nitrogen and oxygen atoms in total. The Balaban J connectivity index is 1.95. The molecule has 1 aromatic rings. The number of alkyl halides is 3. The summed E-state index contributed by atoms with van der Waals surface area (Å²) < 4.78 is 73.4. The van der Waals surface area contributed by atoms with Crippen molar-refractivity contribution in [3.63, 3.8) is 0 Å². The Morgan fingerprint density at radius 1 is 1.17 bits per heavy atom. The summed E-state index contributed by atoms with van der Waals surface area (Å²) in [5, 5.41) is 0. The number of aromatic nitrogens is 1. The van der Waals surface area contributed by atoms with Gasteiger partial charge in [0.05, 0.1) is 13.2 Å². The molecule has 13 heteroatoms. The highest BCUT2D eigenvalue weighted by Crippen LogP contribution is 2.33. The molecule has 1 N–H and O–H groups in total. The molecule has 2 fully saturated rings. The van der Waals surface area contributed by atoms with Gasteiger partial charge in [0.2, 0.25) is 0 Å². The number of hydrogen-bond acceptors (Lipinski definition) is 6. The number of ether oxygens (including phenoxy) is 1. The van der Waals surface area contributed by atoms with Crippen molar-refractivity contribution in [1.82, 2.24) is 13.6 Å². The summed E-state index contributed by atoms with van der Waals surface area (Å²) in [6.07, 6.45) is -4.69. The number of pyridine rings is 1. The normalized spacial score (nSPS) is 24.5. The van der Waals surface area contributed by atoms with Gasteiger partial charge in [-0.25, -0.2) is 0 Å². The number of hydrogen-bond donors (Lipinski definition) is 1. The first kappa shape index (κ1) is 22.8. The van der Waals surface area contributed by atoms with Crippen molar-refractivity contribution < 1.29 is 26.3 Å². The first-order valence-corrected chi connectivity index (χ1v) is 10.9. The number of morpholine rings is 1. The lowest BCUT2D eigenvalue weighted by Crippen LogP contribution is -2.61. The lowest BCUT2D eigenvalue weighted by Gasteiger charge is -2.43. The minimum absolute atomic E-state index is 0.0143. The van der Waals surface area contributed by atoms with Crippen LogP contribution in [0.2, 0.25) is 0 Å². The molecule has 170 valence electrons. The fourth-order valence-corrected chi connectivity index (χ4v) is 4.82. The van der Waals surface area contributed by atoms with E-state index in [1.165, 1.54) is 26.2 Å². The molecule has 2 aliphatic rings. The molecule has 2 unspecified atom stereocenters. The van der Waals surface area contributed by atoms with E-state index in [0.29, 0.717) is 25.4 Å². The topological polar surface area (TPSA) is 89.2 Å². The summed E-state index contributed by atoms with van der Waals surface area (Å²) in [7, 11) is -1.45. The Morgan fingerprint density at radius 3 is 2.47 bits per heavy atom. The van der Waals surface area contributed by atoms with Crippen molar-refractivity contribution >= 4 is 21.7 Å². The molecular formula is C17H26F3N5O4S. The Labute approximate surface area is 173 Å². The van der Waals surface area contributed by atoms with Crippen molar-refractivity contribution in [3.8, 4) is 0 Å². The second-order valence-corrected chi connectivity index (χ2v) is 9.75. The monoisotopic (exact) mass is 453 g/mol. The van der Waals surface area contributed by atoms with Gasteiger partial charge in [-0.2, -0.15) is 30.2 Å². The van der Waals surface area contributed by atoms with E-state index in [1.54, 1.807) is 0 Å². The van der Waals surface area contributed by atoms with Gasteiger partial charge >= 0.3 is 6.18 Å². The Morgan fingerprint density at radius 2 is 1.87 bits per heavy atom. The lowest BCUT2D eigenvalue weighted by molar-refractivity contribution is -0.153. The van der Waals surface area contributed by atoms with Crippen molar-refractivity contribution in [2.75, 3.05) is 63.3 Å². The third-order valence-electron chi connectivity index (χ3n) is 5.33. The third-order valence-corrected chi connectivity index (χ3v) is 7.24. The molecule has 0 amide bonds. The molecule has 30 heavy (non-hydrogen) atoms. The van der Waals surface area contributed by atoms with Gasteiger partial charge in [0.25, 0.3) is 15.8 Å². The van der Waals surface area contributed by atoms with Crippen LogP contribution in [0.4, 0.5) is 24.7 Å². The minimum Gasteiger partial charge on any atom is -0.377 e. The summed E-state index contributed by atoms with van der Waals surface area (Å²) in [6, 6.07) is 0.738. The van der Waals surface area contributed by atoms with Gasteiger partial charge in [0.15, 0.2) is 0 Å². The quantitative estimate of drug-likeness (QED) is 0.713. The SMILES string of the molecule is CC1COCCN1c1cc(N2CCN(S(=O)(=O)N(C)C)CC2C(F)(F)F)[nH]c(=O)c1. The summed E-state index contributed by atoms with van der Waals surface area (Å²) in [4.78, 5) is 17.7. The van der Waals surface area contributed by atoms with Crippen LogP contribution in [0.15, 0.2) is 16.9 Å². The van der Waals surface area contributed by atoms with Gasteiger partial charge in [-0.1, -0.05) is 0 Å². The first-order chi connectivity index (χ1) is 13.9. The van der Waals surface area contributed by atoms with Crippen LogP contribution in [0.1, 0.15) is 6.92 Å². The zero-order valence-corrected chi connectivity index (χ0v) is 17.8. The van der Waals surface area contributed by atoms with Crippen molar-refractivity contribution in [3.05, 3.63) is 22.5 Å². The number of H-pyrrole nitrogens is 1. The molecule has 2 atom stereocenters. The molecule has 2 saturated heterocycles. The molecule has 0 aliphatic carbocycles. The second-order valence-electron chi connectivity index (χ2n) is 7.60. The second kappa shape index (κ2) is 8.36. The number of anilines is 2. The summed E-state index contributed by atoms with van der Waals surface area (Å²) in [5.41, 5.74) is -0.0146. The average molecular weight is 453 g/mol. The van der Waals surface area contributed by atoms with Crippen LogP contribution < -0.4 is 15.4 Å². The van der Waals surface area contributed by atoms with E-state index in [4.69, 9.17) is 4.74 Å². The number of nitrogens with one attached hydrogen (secondary N) is 1. The number of rotatable bonds is 4. The van der Waals surface area contributed by atoms with Crippen molar-refractivity contribution in [1.29, 1.82) is 0 Å². The van der Waals surface area contributed by atoms with Gasteiger partial charge < -0.3 is 19.5 Å². The van der Waals surface area contributed by atoms with Crippen molar-refractivity contribution in [2.24, 2.45) is 0 Å². The molecule has 0 spiro atoms.